The molecular weight excluding hydrogens is 272 g/mol. The highest BCUT2D eigenvalue weighted by atomic mass is 16.6. The lowest BCUT2D eigenvalue weighted by atomic mass is 9.85. The molecule has 1 rings (SSSR count). The zero-order valence-corrected chi connectivity index (χ0v) is 13.1. The van der Waals surface area contributed by atoms with Gasteiger partial charge in [0.15, 0.2) is 0 Å². The van der Waals surface area contributed by atoms with Crippen LogP contribution in [0.15, 0.2) is 12.5 Å². The molecular formula is C14H24N4O3. The second-order valence-electron chi connectivity index (χ2n) is 5.93. The first-order chi connectivity index (χ1) is 9.81. The van der Waals surface area contributed by atoms with Crippen LogP contribution in [0.3, 0.4) is 0 Å². The van der Waals surface area contributed by atoms with E-state index >= 15 is 0 Å². The number of rotatable bonds is 8. The van der Waals surface area contributed by atoms with Crippen molar-refractivity contribution in [2.75, 3.05) is 6.54 Å². The predicted molar refractivity (Wildman–Crippen MR) is 79.7 cm³/mol. The molecule has 0 fully saturated rings. The Balaban J connectivity index is 2.38. The average Bonchev–Trinajstić information content (AvgIpc) is 2.84. The summed E-state index contributed by atoms with van der Waals surface area (Å²) in [4.78, 5) is 25.4. The molecule has 0 spiro atoms. The molecule has 0 radical (unpaired) electrons. The van der Waals surface area contributed by atoms with Gasteiger partial charge in [0.25, 0.3) is 0 Å². The van der Waals surface area contributed by atoms with Crippen LogP contribution in [0.2, 0.25) is 0 Å². The van der Waals surface area contributed by atoms with E-state index in [2.05, 4.69) is 38.0 Å². The summed E-state index contributed by atoms with van der Waals surface area (Å²) in [5, 5.41) is 13.4. The van der Waals surface area contributed by atoms with Crippen LogP contribution in [0, 0.1) is 27.9 Å². The molecule has 1 heterocycles. The Hall–Kier alpha value is -1.92. The number of hydrogen-bond donors (Lipinski definition) is 1. The number of aromatic nitrogens is 2. The van der Waals surface area contributed by atoms with Crippen molar-refractivity contribution in [1.82, 2.24) is 14.9 Å². The molecule has 7 nitrogen and oxygen atoms in total. The van der Waals surface area contributed by atoms with Crippen LogP contribution in [0.1, 0.15) is 34.1 Å². The van der Waals surface area contributed by atoms with E-state index < -0.39 is 4.92 Å². The third-order valence-electron chi connectivity index (χ3n) is 3.65. The maximum Gasteiger partial charge on any atom is 0.381 e. The number of nitrogens with zero attached hydrogens (tertiary/aromatic N) is 3. The number of nitrogens with one attached hydrogen (secondary N) is 1. The first-order valence-corrected chi connectivity index (χ1v) is 7.24. The van der Waals surface area contributed by atoms with Crippen molar-refractivity contribution in [3.05, 3.63) is 22.6 Å². The van der Waals surface area contributed by atoms with Crippen LogP contribution in [0.4, 0.5) is 5.82 Å². The van der Waals surface area contributed by atoms with E-state index in [1.165, 1.54) is 12.5 Å². The maximum absolute atomic E-state index is 11.8. The quantitative estimate of drug-likeness (QED) is 0.588. The van der Waals surface area contributed by atoms with Gasteiger partial charge in [-0.05, 0) is 27.7 Å². The number of hydrogen-bond acceptors (Lipinski definition) is 4. The molecule has 0 aliphatic carbocycles. The monoisotopic (exact) mass is 296 g/mol. The van der Waals surface area contributed by atoms with E-state index in [0.29, 0.717) is 30.8 Å². The third-order valence-corrected chi connectivity index (χ3v) is 3.65. The topological polar surface area (TPSA) is 90.1 Å². The first kappa shape index (κ1) is 17.1. The van der Waals surface area contributed by atoms with E-state index in [1.807, 2.05) is 0 Å². The van der Waals surface area contributed by atoms with Crippen molar-refractivity contribution in [3.63, 3.8) is 0 Å². The number of carbonyl (C=O) groups excluding carboxylic acids is 1. The Morgan fingerprint density at radius 2 is 2.00 bits per heavy atom. The van der Waals surface area contributed by atoms with E-state index in [-0.39, 0.29) is 18.1 Å². The molecule has 0 unspecified atom stereocenters. The van der Waals surface area contributed by atoms with Gasteiger partial charge in [-0.25, -0.2) is 0 Å². The summed E-state index contributed by atoms with van der Waals surface area (Å²) in [5.74, 6) is 1.24. The summed E-state index contributed by atoms with van der Waals surface area (Å²) in [6.07, 6.45) is 2.99. The van der Waals surface area contributed by atoms with Crippen molar-refractivity contribution in [3.8, 4) is 0 Å². The van der Waals surface area contributed by atoms with Crippen molar-refractivity contribution < 1.29 is 9.72 Å². The summed E-state index contributed by atoms with van der Waals surface area (Å²) in [7, 11) is 0. The van der Waals surface area contributed by atoms with E-state index in [4.69, 9.17) is 0 Å². The molecule has 1 aromatic rings. The van der Waals surface area contributed by atoms with Crippen LogP contribution >= 0.6 is 0 Å². The number of nitro groups is 1. The Morgan fingerprint density at radius 3 is 2.48 bits per heavy atom. The van der Waals surface area contributed by atoms with Gasteiger partial charge in [-0.3, -0.25) is 4.79 Å². The van der Waals surface area contributed by atoms with Gasteiger partial charge in [-0.15, -0.1) is 0 Å². The first-order valence-electron chi connectivity index (χ1n) is 7.24. The van der Waals surface area contributed by atoms with E-state index in [9.17, 15) is 14.9 Å². The van der Waals surface area contributed by atoms with Crippen molar-refractivity contribution in [1.29, 1.82) is 0 Å². The number of amides is 1. The molecule has 1 amide bonds. The fourth-order valence-corrected chi connectivity index (χ4v) is 2.36. The van der Waals surface area contributed by atoms with Gasteiger partial charge in [-0.1, -0.05) is 27.7 Å². The highest BCUT2D eigenvalue weighted by Gasteiger charge is 2.18. The molecule has 0 aliphatic heterocycles. The highest BCUT2D eigenvalue weighted by Crippen LogP contribution is 2.19. The molecule has 118 valence electrons. The molecule has 0 aromatic carbocycles. The summed E-state index contributed by atoms with van der Waals surface area (Å²) in [6.45, 7) is 9.67. The minimum atomic E-state index is -0.549. The molecule has 0 atom stereocenters. The molecule has 1 aromatic heterocycles. The summed E-state index contributed by atoms with van der Waals surface area (Å²) in [5.41, 5.74) is 0. The second-order valence-corrected chi connectivity index (χ2v) is 5.93. The molecule has 0 aliphatic rings. The largest absolute Gasteiger partial charge is 0.381 e. The second kappa shape index (κ2) is 7.75. The normalized spacial score (nSPS) is 11.4. The smallest absolute Gasteiger partial charge is 0.358 e. The Kier molecular flexibility index (Phi) is 6.33. The Labute approximate surface area is 124 Å². The van der Waals surface area contributed by atoms with Crippen molar-refractivity contribution in [2.24, 2.45) is 17.8 Å². The van der Waals surface area contributed by atoms with Crippen LogP contribution in [0.25, 0.3) is 0 Å². The molecule has 21 heavy (non-hydrogen) atoms. The van der Waals surface area contributed by atoms with Gasteiger partial charge < -0.3 is 20.0 Å². The molecule has 0 bridgehead atoms. The van der Waals surface area contributed by atoms with E-state index in [0.717, 1.165) is 0 Å². The van der Waals surface area contributed by atoms with Crippen LogP contribution in [-0.2, 0) is 11.3 Å². The standard InChI is InChI=1S/C14H24N4O3/c1-10(2)12(11(3)4)7-15-14(19)5-6-17-8-13(16-9-17)18(20)21/h8-12H,5-7H2,1-4H3,(H,15,19). The fraction of sp³-hybridized carbons (Fsp3) is 0.714. The Bertz CT molecular complexity index is 474. The highest BCUT2D eigenvalue weighted by molar-refractivity contribution is 5.75. The lowest BCUT2D eigenvalue weighted by Crippen LogP contribution is -2.34. The molecule has 0 saturated heterocycles. The zero-order chi connectivity index (χ0) is 16.0. The van der Waals surface area contributed by atoms with Gasteiger partial charge >= 0.3 is 5.82 Å². The number of imidazole rings is 1. The summed E-state index contributed by atoms with van der Waals surface area (Å²) < 4.78 is 1.56. The lowest BCUT2D eigenvalue weighted by molar-refractivity contribution is -0.389. The molecule has 0 saturated carbocycles. The van der Waals surface area contributed by atoms with Crippen LogP contribution < -0.4 is 5.32 Å². The third kappa shape index (κ3) is 5.53. The van der Waals surface area contributed by atoms with Gasteiger partial charge in [-0.2, -0.15) is 0 Å². The minimum absolute atomic E-state index is 0.0438. The van der Waals surface area contributed by atoms with Gasteiger partial charge in [0.05, 0.1) is 0 Å². The molecule has 7 heteroatoms. The minimum Gasteiger partial charge on any atom is -0.358 e. The number of aryl methyl sites for hydroxylation is 1. The van der Waals surface area contributed by atoms with Crippen molar-refractivity contribution >= 4 is 11.7 Å². The zero-order valence-electron chi connectivity index (χ0n) is 13.1. The van der Waals surface area contributed by atoms with Gasteiger partial charge in [0, 0.05) is 19.5 Å². The van der Waals surface area contributed by atoms with Gasteiger partial charge in [0.2, 0.25) is 12.2 Å². The SMILES string of the molecule is CC(C)C(CNC(=O)CCn1cnc([N+](=O)[O-])c1)C(C)C. The Morgan fingerprint density at radius 1 is 1.38 bits per heavy atom. The average molecular weight is 296 g/mol. The fourth-order valence-electron chi connectivity index (χ4n) is 2.36. The predicted octanol–water partition coefficient (Wildman–Crippen LogP) is 2.23. The van der Waals surface area contributed by atoms with Crippen LogP contribution in [-0.4, -0.2) is 26.9 Å². The van der Waals surface area contributed by atoms with Crippen molar-refractivity contribution in [2.45, 2.75) is 40.7 Å². The lowest BCUT2D eigenvalue weighted by Gasteiger charge is -2.25. The summed E-state index contributed by atoms with van der Waals surface area (Å²) in [6, 6.07) is 0. The van der Waals surface area contributed by atoms with E-state index in [1.54, 1.807) is 4.57 Å². The summed E-state index contributed by atoms with van der Waals surface area (Å²) >= 11 is 0. The van der Waals surface area contributed by atoms with Gasteiger partial charge in [0.1, 0.15) is 6.20 Å². The maximum atomic E-state index is 11.8. The van der Waals surface area contributed by atoms with Crippen LogP contribution in [0.5, 0.6) is 0 Å². The number of carbonyl (C=O) groups is 1. The molecule has 1 N–H and O–H groups in total.